The number of carboxylic acids is 1. The van der Waals surface area contributed by atoms with Crippen LogP contribution in [0, 0.1) is 52.3 Å². The van der Waals surface area contributed by atoms with Gasteiger partial charge in [0.1, 0.15) is 12.1 Å². The van der Waals surface area contributed by atoms with Crippen molar-refractivity contribution in [2.75, 3.05) is 0 Å². The molecule has 0 bridgehead atoms. The minimum atomic E-state index is -1.09. The fraction of sp³-hybridized carbons (Fsp3) is 0.763. The fourth-order valence-corrected chi connectivity index (χ4v) is 10.9. The molecule has 1 aromatic carbocycles. The SMILES string of the molecule is CC(C)C(NC(=O)CCC(C)[C@H]1CC[C@H]2[C@@H]3CC[C@@H]4C[C@H](O)CC[C@]4(C)[C@H]3CC[C@]12C)C(=O)NC(Cc1ccccc1)C(=O)O. The van der Waals surface area contributed by atoms with E-state index in [0.717, 1.165) is 42.6 Å². The van der Waals surface area contributed by atoms with Crippen LogP contribution in [0.25, 0.3) is 0 Å². The lowest BCUT2D eigenvalue weighted by Gasteiger charge is -2.61. The third-order valence-electron chi connectivity index (χ3n) is 13.4. The summed E-state index contributed by atoms with van der Waals surface area (Å²) in [5.74, 6) is 2.19. The zero-order valence-corrected chi connectivity index (χ0v) is 28.3. The molecule has 0 aromatic heterocycles. The number of fused-ring (bicyclic) bond motifs is 5. The van der Waals surface area contributed by atoms with E-state index in [1.165, 1.54) is 44.9 Å². The van der Waals surface area contributed by atoms with E-state index >= 15 is 0 Å². The van der Waals surface area contributed by atoms with Gasteiger partial charge in [-0.1, -0.05) is 65.0 Å². The van der Waals surface area contributed by atoms with Gasteiger partial charge in [-0.3, -0.25) is 9.59 Å². The Morgan fingerprint density at radius 2 is 1.58 bits per heavy atom. The Hall–Kier alpha value is -2.41. The summed E-state index contributed by atoms with van der Waals surface area (Å²) in [6.45, 7) is 11.2. The number of carboxylic acid groups (broad SMARTS) is 1. The number of aliphatic carboxylic acids is 1. The Labute approximate surface area is 270 Å². The zero-order valence-electron chi connectivity index (χ0n) is 28.3. The van der Waals surface area contributed by atoms with E-state index in [1.807, 2.05) is 44.2 Å². The van der Waals surface area contributed by atoms with Crippen molar-refractivity contribution < 1.29 is 24.6 Å². The predicted molar refractivity (Wildman–Crippen MR) is 176 cm³/mol. The quantitative estimate of drug-likeness (QED) is 0.229. The number of benzene rings is 1. The number of amides is 2. The Balaban J connectivity index is 1.15. The minimum absolute atomic E-state index is 0.103. The van der Waals surface area contributed by atoms with Crippen molar-refractivity contribution in [3.63, 3.8) is 0 Å². The second kappa shape index (κ2) is 13.8. The second-order valence-corrected chi connectivity index (χ2v) is 16.2. The highest BCUT2D eigenvalue weighted by Gasteiger charge is 2.60. The highest BCUT2D eigenvalue weighted by atomic mass is 16.4. The molecule has 4 aliphatic carbocycles. The first-order valence-corrected chi connectivity index (χ1v) is 17.9. The molecule has 0 heterocycles. The maximum absolute atomic E-state index is 13.2. The Kier molecular flexibility index (Phi) is 10.4. The summed E-state index contributed by atoms with van der Waals surface area (Å²) in [5.41, 5.74) is 1.53. The summed E-state index contributed by atoms with van der Waals surface area (Å²) in [6, 6.07) is 7.40. The van der Waals surface area contributed by atoms with Crippen LogP contribution in [0.15, 0.2) is 30.3 Å². The van der Waals surface area contributed by atoms with Gasteiger partial charge in [0.15, 0.2) is 0 Å². The number of aliphatic hydroxyl groups is 1. The molecule has 0 radical (unpaired) electrons. The third-order valence-corrected chi connectivity index (χ3v) is 13.4. The largest absolute Gasteiger partial charge is 0.480 e. The Morgan fingerprint density at radius 3 is 2.27 bits per heavy atom. The molecule has 4 saturated carbocycles. The smallest absolute Gasteiger partial charge is 0.326 e. The second-order valence-electron chi connectivity index (χ2n) is 16.2. The maximum atomic E-state index is 13.2. The molecular weight excluding hydrogens is 564 g/mol. The van der Waals surface area contributed by atoms with E-state index in [0.29, 0.717) is 35.0 Å². The van der Waals surface area contributed by atoms with Crippen LogP contribution in [0.4, 0.5) is 0 Å². The number of rotatable bonds is 11. The number of carbonyl (C=O) groups excluding carboxylic acids is 2. The molecule has 4 N–H and O–H groups in total. The van der Waals surface area contributed by atoms with Gasteiger partial charge in [0.25, 0.3) is 0 Å². The van der Waals surface area contributed by atoms with Crippen molar-refractivity contribution in [3.8, 4) is 0 Å². The van der Waals surface area contributed by atoms with Crippen LogP contribution in [-0.4, -0.2) is 46.2 Å². The summed E-state index contributed by atoms with van der Waals surface area (Å²) < 4.78 is 0. The summed E-state index contributed by atoms with van der Waals surface area (Å²) in [5, 5.41) is 25.8. The molecule has 5 rings (SSSR count). The van der Waals surface area contributed by atoms with Crippen LogP contribution in [0.3, 0.4) is 0 Å². The Morgan fingerprint density at radius 1 is 0.889 bits per heavy atom. The number of carbonyl (C=O) groups is 3. The summed E-state index contributed by atoms with van der Waals surface area (Å²) in [4.78, 5) is 38.4. The van der Waals surface area contributed by atoms with Gasteiger partial charge in [-0.15, -0.1) is 0 Å². The normalized spacial score (nSPS) is 36.2. The van der Waals surface area contributed by atoms with Gasteiger partial charge in [0.05, 0.1) is 6.10 Å². The first-order chi connectivity index (χ1) is 21.3. The van der Waals surface area contributed by atoms with Crippen molar-refractivity contribution in [3.05, 3.63) is 35.9 Å². The first kappa shape index (κ1) is 33.9. The highest BCUT2D eigenvalue weighted by Crippen LogP contribution is 2.68. The van der Waals surface area contributed by atoms with Gasteiger partial charge in [-0.25, -0.2) is 4.79 Å². The minimum Gasteiger partial charge on any atom is -0.480 e. The van der Waals surface area contributed by atoms with Crippen LogP contribution in [0.1, 0.15) is 111 Å². The van der Waals surface area contributed by atoms with Gasteiger partial charge in [0, 0.05) is 12.8 Å². The molecule has 3 unspecified atom stereocenters. The standard InChI is InChI=1S/C38H58N2O5/c1-23(2)34(35(43)39-32(36(44)45)21-25-9-7-6-8-10-25)40-33(42)16-11-24(3)29-14-15-30-28-13-12-26-22-27(41)17-19-37(26,4)31(28)18-20-38(29,30)5/h6-10,23-24,26-32,34,41H,11-22H2,1-5H3,(H,39,43)(H,40,42)(H,44,45)/t24?,26-,27-,28+,29-,30+,31+,32?,34?,37+,38-/m1/s1. The molecule has 0 spiro atoms. The van der Waals surface area contributed by atoms with Gasteiger partial charge in [-0.2, -0.15) is 0 Å². The molecule has 1 aromatic rings. The lowest BCUT2D eigenvalue weighted by Crippen LogP contribution is -2.54. The van der Waals surface area contributed by atoms with Gasteiger partial charge >= 0.3 is 5.97 Å². The number of nitrogens with one attached hydrogen (secondary N) is 2. The van der Waals surface area contributed by atoms with Crippen LogP contribution in [0.2, 0.25) is 0 Å². The van der Waals surface area contributed by atoms with Crippen molar-refractivity contribution in [2.24, 2.45) is 52.3 Å². The van der Waals surface area contributed by atoms with Crippen LogP contribution in [-0.2, 0) is 20.8 Å². The van der Waals surface area contributed by atoms with Crippen molar-refractivity contribution in [1.82, 2.24) is 10.6 Å². The summed E-state index contributed by atoms with van der Waals surface area (Å²) in [7, 11) is 0. The lowest BCUT2D eigenvalue weighted by atomic mass is 9.44. The van der Waals surface area contributed by atoms with E-state index in [2.05, 4.69) is 31.4 Å². The van der Waals surface area contributed by atoms with E-state index < -0.39 is 24.0 Å². The topological polar surface area (TPSA) is 116 Å². The van der Waals surface area contributed by atoms with Crippen molar-refractivity contribution in [1.29, 1.82) is 0 Å². The van der Waals surface area contributed by atoms with Gasteiger partial charge < -0.3 is 20.8 Å². The van der Waals surface area contributed by atoms with Crippen molar-refractivity contribution >= 4 is 17.8 Å². The van der Waals surface area contributed by atoms with Gasteiger partial charge in [-0.05, 0) is 122 Å². The fourth-order valence-electron chi connectivity index (χ4n) is 10.9. The molecular formula is C38H58N2O5. The number of aliphatic hydroxyl groups excluding tert-OH is 1. The van der Waals surface area contributed by atoms with Crippen LogP contribution >= 0.6 is 0 Å². The van der Waals surface area contributed by atoms with Gasteiger partial charge in [0.2, 0.25) is 11.8 Å². The molecule has 4 fully saturated rings. The molecule has 7 heteroatoms. The van der Waals surface area contributed by atoms with E-state index in [1.54, 1.807) is 0 Å². The average Bonchev–Trinajstić information content (AvgIpc) is 3.36. The van der Waals surface area contributed by atoms with E-state index in [9.17, 15) is 24.6 Å². The molecule has 7 nitrogen and oxygen atoms in total. The Bertz CT molecular complexity index is 1200. The van der Waals surface area contributed by atoms with Crippen molar-refractivity contribution in [2.45, 2.75) is 130 Å². The highest BCUT2D eigenvalue weighted by molar-refractivity contribution is 5.90. The summed E-state index contributed by atoms with van der Waals surface area (Å²) >= 11 is 0. The molecule has 0 aliphatic heterocycles. The van der Waals surface area contributed by atoms with E-state index in [-0.39, 0.29) is 24.3 Å². The van der Waals surface area contributed by atoms with Crippen LogP contribution in [0.5, 0.6) is 0 Å². The monoisotopic (exact) mass is 622 g/mol. The lowest BCUT2D eigenvalue weighted by molar-refractivity contribution is -0.142. The molecule has 45 heavy (non-hydrogen) atoms. The van der Waals surface area contributed by atoms with E-state index in [4.69, 9.17) is 0 Å². The molecule has 4 aliphatic rings. The maximum Gasteiger partial charge on any atom is 0.326 e. The predicted octanol–water partition coefficient (Wildman–Crippen LogP) is 6.38. The molecule has 11 atom stereocenters. The first-order valence-electron chi connectivity index (χ1n) is 17.9. The third kappa shape index (κ3) is 6.99. The average molecular weight is 623 g/mol. The van der Waals surface area contributed by atoms with Crippen LogP contribution < -0.4 is 10.6 Å². The molecule has 0 saturated heterocycles. The zero-order chi connectivity index (χ0) is 32.5. The number of hydrogen-bond acceptors (Lipinski definition) is 4. The molecule has 2 amide bonds. The molecule has 250 valence electrons. The summed E-state index contributed by atoms with van der Waals surface area (Å²) in [6.07, 6.45) is 12.1. The number of hydrogen-bond donors (Lipinski definition) is 4.